The lowest BCUT2D eigenvalue weighted by Crippen LogP contribution is -2.39. The SMILES string of the molecule is CC1CCN(C(F)(F)F)C1c1c(S(=O)(=O)O)nc2ccccc2c1C(N)=O. The van der Waals surface area contributed by atoms with E-state index in [1.54, 1.807) is 0 Å². The fourth-order valence-electron chi connectivity index (χ4n) is 3.61. The Kier molecular flexibility index (Phi) is 4.65. The Hall–Kier alpha value is -2.24. The smallest absolute Gasteiger partial charge is 0.366 e. The number of alkyl halides is 3. The van der Waals surface area contributed by atoms with Crippen molar-refractivity contribution in [3.8, 4) is 0 Å². The van der Waals surface area contributed by atoms with Crippen LogP contribution in [0.25, 0.3) is 10.9 Å². The van der Waals surface area contributed by atoms with E-state index in [-0.39, 0.29) is 34.3 Å². The summed E-state index contributed by atoms with van der Waals surface area (Å²) < 4.78 is 74.1. The number of pyridine rings is 1. The Morgan fingerprint density at radius 1 is 1.33 bits per heavy atom. The maximum atomic E-state index is 13.5. The van der Waals surface area contributed by atoms with Crippen LogP contribution < -0.4 is 5.73 Å². The molecule has 1 fully saturated rings. The van der Waals surface area contributed by atoms with Crippen molar-refractivity contribution in [3.63, 3.8) is 0 Å². The summed E-state index contributed by atoms with van der Waals surface area (Å²) >= 11 is 0. The molecule has 1 saturated heterocycles. The molecule has 1 amide bonds. The predicted octanol–water partition coefficient (Wildman–Crippen LogP) is 2.48. The number of likely N-dealkylation sites (tertiary alicyclic amines) is 1. The second-order valence-electron chi connectivity index (χ2n) is 6.43. The molecule has 27 heavy (non-hydrogen) atoms. The van der Waals surface area contributed by atoms with Gasteiger partial charge < -0.3 is 5.73 Å². The number of aromatic nitrogens is 1. The lowest BCUT2D eigenvalue weighted by molar-refractivity contribution is -0.253. The largest absolute Gasteiger partial charge is 0.460 e. The zero-order chi connectivity index (χ0) is 20.1. The molecule has 7 nitrogen and oxygen atoms in total. The Labute approximate surface area is 152 Å². The van der Waals surface area contributed by atoms with Gasteiger partial charge in [0, 0.05) is 23.5 Å². The highest BCUT2D eigenvalue weighted by Gasteiger charge is 2.50. The summed E-state index contributed by atoms with van der Waals surface area (Å²) in [5.74, 6) is -1.76. The molecule has 1 aliphatic heterocycles. The van der Waals surface area contributed by atoms with E-state index in [9.17, 15) is 30.9 Å². The first-order chi connectivity index (χ1) is 12.4. The van der Waals surface area contributed by atoms with Gasteiger partial charge in [-0.3, -0.25) is 9.35 Å². The summed E-state index contributed by atoms with van der Waals surface area (Å²) in [7, 11) is -5.02. The molecule has 0 aliphatic carbocycles. The summed E-state index contributed by atoms with van der Waals surface area (Å²) in [4.78, 5) is 16.1. The monoisotopic (exact) mass is 403 g/mol. The van der Waals surface area contributed by atoms with Crippen molar-refractivity contribution >= 4 is 26.9 Å². The van der Waals surface area contributed by atoms with Gasteiger partial charge in [-0.15, -0.1) is 0 Å². The van der Waals surface area contributed by atoms with Crippen LogP contribution in [0.1, 0.15) is 35.3 Å². The number of rotatable bonds is 3. The Morgan fingerprint density at radius 3 is 2.52 bits per heavy atom. The van der Waals surface area contributed by atoms with E-state index in [4.69, 9.17) is 5.73 Å². The van der Waals surface area contributed by atoms with Crippen molar-refractivity contribution < 1.29 is 30.9 Å². The quantitative estimate of drug-likeness (QED) is 0.601. The minimum atomic E-state index is -5.02. The molecule has 2 aromatic rings. The molecule has 1 aromatic heterocycles. The number of carbonyl (C=O) groups is 1. The number of nitrogens with zero attached hydrogens (tertiary/aromatic N) is 2. The zero-order valence-electron chi connectivity index (χ0n) is 14.1. The van der Waals surface area contributed by atoms with Crippen LogP contribution in [0.5, 0.6) is 0 Å². The summed E-state index contributed by atoms with van der Waals surface area (Å²) in [6.45, 7) is 1.12. The number of hydrogen-bond acceptors (Lipinski definition) is 5. The van der Waals surface area contributed by atoms with Gasteiger partial charge >= 0.3 is 16.4 Å². The summed E-state index contributed by atoms with van der Waals surface area (Å²) in [5, 5.41) is -0.864. The van der Waals surface area contributed by atoms with Gasteiger partial charge in [-0.05, 0) is 18.4 Å². The van der Waals surface area contributed by atoms with Crippen molar-refractivity contribution in [1.82, 2.24) is 9.88 Å². The van der Waals surface area contributed by atoms with Crippen molar-refractivity contribution in [3.05, 3.63) is 35.4 Å². The topological polar surface area (TPSA) is 114 Å². The van der Waals surface area contributed by atoms with Crippen molar-refractivity contribution in [2.45, 2.75) is 30.7 Å². The lowest BCUT2D eigenvalue weighted by Gasteiger charge is -2.31. The lowest BCUT2D eigenvalue weighted by atomic mass is 9.90. The molecule has 0 saturated carbocycles. The third-order valence-corrected chi connectivity index (χ3v) is 5.51. The standard InChI is InChI=1S/C16H16F3N3O4S/c1-8-6-7-22(16(17,18)19)13(8)12-11(14(20)23)9-4-2-3-5-10(9)21-15(12)27(24,25)26/h2-5,8,13H,6-7H2,1H3,(H2,20,23)(H,24,25,26). The van der Waals surface area contributed by atoms with E-state index in [2.05, 4.69) is 4.98 Å². The second kappa shape index (κ2) is 6.43. The van der Waals surface area contributed by atoms with Gasteiger partial charge in [0.25, 0.3) is 0 Å². The van der Waals surface area contributed by atoms with Gasteiger partial charge in [-0.25, -0.2) is 9.88 Å². The van der Waals surface area contributed by atoms with Gasteiger partial charge in [-0.1, -0.05) is 25.1 Å². The maximum absolute atomic E-state index is 13.5. The van der Waals surface area contributed by atoms with Crippen molar-refractivity contribution in [1.29, 1.82) is 0 Å². The van der Waals surface area contributed by atoms with Crippen LogP contribution >= 0.6 is 0 Å². The predicted molar refractivity (Wildman–Crippen MR) is 89.4 cm³/mol. The van der Waals surface area contributed by atoms with Crippen LogP contribution in [0.3, 0.4) is 0 Å². The number of carbonyl (C=O) groups excluding carboxylic acids is 1. The van der Waals surface area contributed by atoms with Crippen LogP contribution in [0.2, 0.25) is 0 Å². The van der Waals surface area contributed by atoms with Gasteiger partial charge in [0.1, 0.15) is 0 Å². The molecule has 2 heterocycles. The first-order valence-corrected chi connectivity index (χ1v) is 9.40. The van der Waals surface area contributed by atoms with Crippen LogP contribution in [-0.4, -0.2) is 41.6 Å². The minimum absolute atomic E-state index is 0.0203. The first-order valence-electron chi connectivity index (χ1n) is 7.96. The highest BCUT2D eigenvalue weighted by molar-refractivity contribution is 7.85. The molecule has 0 spiro atoms. The number of halogens is 3. The average molecular weight is 403 g/mol. The molecule has 2 unspecified atom stereocenters. The Balaban J connectivity index is 2.46. The summed E-state index contributed by atoms with van der Waals surface area (Å²) in [6.07, 6.45) is -4.66. The molecule has 146 valence electrons. The van der Waals surface area contributed by atoms with Crippen molar-refractivity contribution in [2.75, 3.05) is 6.54 Å². The normalized spacial score (nSPS) is 21.7. The Bertz CT molecular complexity index is 1020. The molecule has 3 N–H and O–H groups in total. The molecular formula is C16H16F3N3O4S. The van der Waals surface area contributed by atoms with Crippen LogP contribution in [0.15, 0.2) is 29.3 Å². The molecule has 3 rings (SSSR count). The first kappa shape index (κ1) is 19.5. The molecule has 2 atom stereocenters. The van der Waals surface area contributed by atoms with E-state index in [1.165, 1.54) is 31.2 Å². The fourth-order valence-corrected chi connectivity index (χ4v) is 4.33. The number of hydrogen-bond donors (Lipinski definition) is 2. The van der Waals surface area contributed by atoms with Crippen LogP contribution in [-0.2, 0) is 10.1 Å². The number of benzene rings is 1. The number of para-hydroxylation sites is 1. The third-order valence-electron chi connectivity index (χ3n) is 4.71. The van der Waals surface area contributed by atoms with Gasteiger partial charge in [0.2, 0.25) is 5.91 Å². The Morgan fingerprint density at radius 2 is 1.96 bits per heavy atom. The number of amides is 1. The van der Waals surface area contributed by atoms with Gasteiger partial charge in [0.15, 0.2) is 5.03 Å². The zero-order valence-corrected chi connectivity index (χ0v) is 14.9. The maximum Gasteiger partial charge on any atom is 0.460 e. The van der Waals surface area contributed by atoms with Gasteiger partial charge in [-0.2, -0.15) is 21.6 Å². The van der Waals surface area contributed by atoms with Crippen molar-refractivity contribution in [2.24, 2.45) is 11.7 Å². The average Bonchev–Trinajstić information content (AvgIpc) is 2.93. The molecular weight excluding hydrogens is 387 g/mol. The number of nitrogens with two attached hydrogens (primary N) is 1. The molecule has 0 radical (unpaired) electrons. The van der Waals surface area contributed by atoms with Crippen LogP contribution in [0, 0.1) is 5.92 Å². The van der Waals surface area contributed by atoms with E-state index in [1.807, 2.05) is 0 Å². The molecule has 1 aromatic carbocycles. The number of primary amides is 1. The summed E-state index contributed by atoms with van der Waals surface area (Å²) in [6, 6.07) is 4.29. The second-order valence-corrected chi connectivity index (χ2v) is 7.77. The third kappa shape index (κ3) is 3.37. The van der Waals surface area contributed by atoms with E-state index < -0.39 is 44.9 Å². The van der Waals surface area contributed by atoms with E-state index in [0.29, 0.717) is 0 Å². The molecule has 11 heteroatoms. The highest BCUT2D eigenvalue weighted by Crippen LogP contribution is 2.46. The minimum Gasteiger partial charge on any atom is -0.366 e. The highest BCUT2D eigenvalue weighted by atomic mass is 32.2. The molecule has 0 bridgehead atoms. The fraction of sp³-hybridized carbons (Fsp3) is 0.375. The van der Waals surface area contributed by atoms with Gasteiger partial charge in [0.05, 0.1) is 11.1 Å². The van der Waals surface area contributed by atoms with Crippen LogP contribution in [0.4, 0.5) is 13.2 Å². The summed E-state index contributed by atoms with van der Waals surface area (Å²) in [5.41, 5.74) is 4.53. The molecule has 1 aliphatic rings. The van der Waals surface area contributed by atoms with E-state index in [0.717, 1.165) is 0 Å². The van der Waals surface area contributed by atoms with E-state index >= 15 is 0 Å². The number of fused-ring (bicyclic) bond motifs is 1.